The maximum atomic E-state index is 8.59. The summed E-state index contributed by atoms with van der Waals surface area (Å²) in [6.45, 7) is 4.93. The summed E-state index contributed by atoms with van der Waals surface area (Å²) in [5, 5.41) is 10.7. The molecule has 0 fully saturated rings. The van der Waals surface area contributed by atoms with Crippen molar-refractivity contribution in [3.8, 4) is 5.75 Å². The van der Waals surface area contributed by atoms with Crippen LogP contribution in [0.25, 0.3) is 0 Å². The molecule has 0 unspecified atom stereocenters. The van der Waals surface area contributed by atoms with Gasteiger partial charge in [0.2, 0.25) is 0 Å². The van der Waals surface area contributed by atoms with Crippen LogP contribution in [0.4, 0.5) is 0 Å². The van der Waals surface area contributed by atoms with Gasteiger partial charge in [-0.3, -0.25) is 0 Å². The van der Waals surface area contributed by atoms with E-state index in [1.165, 1.54) is 5.56 Å². The summed E-state index contributed by atoms with van der Waals surface area (Å²) in [4.78, 5) is 0. The molecule has 3 N–H and O–H groups in total. The Labute approximate surface area is 97.4 Å². The van der Waals surface area contributed by atoms with Crippen LogP contribution in [0.15, 0.2) is 24.3 Å². The van der Waals surface area contributed by atoms with Gasteiger partial charge < -0.3 is 15.2 Å². The monoisotopic (exact) mass is 224 g/mol. The lowest BCUT2D eigenvalue weighted by Gasteiger charge is -2.06. The Kier molecular flexibility index (Phi) is 6.61. The number of ether oxygens (including phenoxy) is 1. The van der Waals surface area contributed by atoms with Gasteiger partial charge in [0.15, 0.2) is 0 Å². The van der Waals surface area contributed by atoms with Crippen LogP contribution in [-0.4, -0.2) is 31.4 Å². The Morgan fingerprint density at radius 1 is 1.19 bits per heavy atom. The molecule has 3 heteroatoms. The van der Waals surface area contributed by atoms with E-state index in [0.717, 1.165) is 38.3 Å². The number of hydrogen-bond donors (Lipinski definition) is 2. The number of benzene rings is 1. The standard InChI is InChI=1S/C13H21NO2/c1-2-12-4-6-13(7-5-12)16-11-3-8-14-9-10-15/h4-7,14-15H,2-3,8-11H2,1H3/p+1. The Morgan fingerprint density at radius 2 is 1.94 bits per heavy atom. The minimum Gasteiger partial charge on any atom is -0.493 e. The highest BCUT2D eigenvalue weighted by molar-refractivity contribution is 5.27. The molecule has 16 heavy (non-hydrogen) atoms. The predicted octanol–water partition coefficient (Wildman–Crippen LogP) is 0.574. The second kappa shape index (κ2) is 8.13. The van der Waals surface area contributed by atoms with Crippen molar-refractivity contribution in [2.75, 3.05) is 26.3 Å². The van der Waals surface area contributed by atoms with E-state index in [-0.39, 0.29) is 6.61 Å². The maximum Gasteiger partial charge on any atom is 0.119 e. The number of nitrogens with two attached hydrogens (primary N) is 1. The molecule has 0 spiro atoms. The molecule has 0 aromatic heterocycles. The van der Waals surface area contributed by atoms with Gasteiger partial charge in [-0.25, -0.2) is 0 Å². The molecule has 1 rings (SSSR count). The van der Waals surface area contributed by atoms with E-state index in [1.54, 1.807) is 0 Å². The van der Waals surface area contributed by atoms with Gasteiger partial charge in [0.05, 0.1) is 26.3 Å². The Bertz CT molecular complexity index is 272. The van der Waals surface area contributed by atoms with Crippen LogP contribution in [0, 0.1) is 0 Å². The summed E-state index contributed by atoms with van der Waals surface area (Å²) >= 11 is 0. The topological polar surface area (TPSA) is 46.1 Å². The number of hydrogen-bond acceptors (Lipinski definition) is 2. The van der Waals surface area contributed by atoms with Crippen LogP contribution in [0.1, 0.15) is 18.9 Å². The van der Waals surface area contributed by atoms with Gasteiger partial charge in [-0.15, -0.1) is 0 Å². The highest BCUT2D eigenvalue weighted by atomic mass is 16.5. The second-order valence-corrected chi connectivity index (χ2v) is 3.79. The van der Waals surface area contributed by atoms with Gasteiger partial charge >= 0.3 is 0 Å². The molecule has 0 saturated heterocycles. The molecule has 1 aromatic rings. The van der Waals surface area contributed by atoms with Crippen LogP contribution < -0.4 is 10.1 Å². The molecule has 90 valence electrons. The first-order chi connectivity index (χ1) is 7.86. The zero-order chi connectivity index (χ0) is 11.6. The molecule has 0 heterocycles. The summed E-state index contributed by atoms with van der Waals surface area (Å²) in [6.07, 6.45) is 2.08. The van der Waals surface area contributed by atoms with E-state index in [1.807, 2.05) is 12.1 Å². The van der Waals surface area contributed by atoms with Crippen molar-refractivity contribution in [1.82, 2.24) is 0 Å². The fourth-order valence-electron chi connectivity index (χ4n) is 1.47. The van der Waals surface area contributed by atoms with E-state index in [9.17, 15) is 0 Å². The Balaban J connectivity index is 2.12. The predicted molar refractivity (Wildman–Crippen MR) is 64.7 cm³/mol. The number of rotatable bonds is 8. The van der Waals surface area contributed by atoms with E-state index < -0.39 is 0 Å². The zero-order valence-electron chi connectivity index (χ0n) is 9.98. The smallest absolute Gasteiger partial charge is 0.119 e. The van der Waals surface area contributed by atoms with Crippen LogP contribution in [0.2, 0.25) is 0 Å². The lowest BCUT2D eigenvalue weighted by atomic mass is 10.2. The second-order valence-electron chi connectivity index (χ2n) is 3.79. The first-order valence-electron chi connectivity index (χ1n) is 6.01. The molecule has 0 radical (unpaired) electrons. The van der Waals surface area contributed by atoms with Gasteiger partial charge in [-0.1, -0.05) is 19.1 Å². The van der Waals surface area contributed by atoms with E-state index in [2.05, 4.69) is 24.4 Å². The van der Waals surface area contributed by atoms with Gasteiger partial charge in [0, 0.05) is 6.42 Å². The summed E-state index contributed by atoms with van der Waals surface area (Å²) in [5.41, 5.74) is 1.34. The van der Waals surface area contributed by atoms with Crippen LogP contribution in [-0.2, 0) is 6.42 Å². The first-order valence-corrected chi connectivity index (χ1v) is 6.01. The number of aryl methyl sites for hydroxylation is 1. The number of quaternary nitrogens is 1. The molecule has 1 aromatic carbocycles. The zero-order valence-corrected chi connectivity index (χ0v) is 9.98. The molecular formula is C13H22NO2+. The summed E-state index contributed by atoms with van der Waals surface area (Å²) in [6, 6.07) is 8.26. The minimum atomic E-state index is 0.249. The third-order valence-electron chi connectivity index (χ3n) is 2.49. The van der Waals surface area contributed by atoms with Crippen LogP contribution in [0.3, 0.4) is 0 Å². The highest BCUT2D eigenvalue weighted by Gasteiger charge is 1.95. The van der Waals surface area contributed by atoms with Crippen molar-refractivity contribution in [3.05, 3.63) is 29.8 Å². The van der Waals surface area contributed by atoms with Crippen molar-refractivity contribution in [3.63, 3.8) is 0 Å². The molecule has 3 nitrogen and oxygen atoms in total. The van der Waals surface area contributed by atoms with Gasteiger partial charge in [-0.05, 0) is 24.1 Å². The third-order valence-corrected chi connectivity index (χ3v) is 2.49. The summed E-state index contributed by atoms with van der Waals surface area (Å²) < 4.78 is 5.60. The quantitative estimate of drug-likeness (QED) is 0.634. The van der Waals surface area contributed by atoms with Crippen molar-refractivity contribution in [2.24, 2.45) is 0 Å². The van der Waals surface area contributed by atoms with Gasteiger partial charge in [-0.2, -0.15) is 0 Å². The molecule has 0 aliphatic heterocycles. The van der Waals surface area contributed by atoms with Crippen molar-refractivity contribution in [1.29, 1.82) is 0 Å². The molecule has 0 bridgehead atoms. The number of aliphatic hydroxyl groups excluding tert-OH is 1. The molecule has 0 amide bonds. The average Bonchev–Trinajstić information content (AvgIpc) is 2.34. The van der Waals surface area contributed by atoms with Gasteiger partial charge in [0.25, 0.3) is 0 Å². The van der Waals surface area contributed by atoms with Crippen LogP contribution >= 0.6 is 0 Å². The lowest BCUT2D eigenvalue weighted by Crippen LogP contribution is -2.85. The maximum absolute atomic E-state index is 8.59. The van der Waals surface area contributed by atoms with Crippen molar-refractivity contribution >= 4 is 0 Å². The Hall–Kier alpha value is -1.06. The Morgan fingerprint density at radius 3 is 2.56 bits per heavy atom. The molecular weight excluding hydrogens is 202 g/mol. The lowest BCUT2D eigenvalue weighted by molar-refractivity contribution is -0.656. The van der Waals surface area contributed by atoms with E-state index in [0.29, 0.717) is 0 Å². The van der Waals surface area contributed by atoms with Crippen LogP contribution in [0.5, 0.6) is 5.75 Å². The van der Waals surface area contributed by atoms with Crippen molar-refractivity contribution in [2.45, 2.75) is 19.8 Å². The highest BCUT2D eigenvalue weighted by Crippen LogP contribution is 2.12. The summed E-state index contributed by atoms with van der Waals surface area (Å²) in [5.74, 6) is 0.944. The molecule has 0 aliphatic carbocycles. The average molecular weight is 224 g/mol. The summed E-state index contributed by atoms with van der Waals surface area (Å²) in [7, 11) is 0. The van der Waals surface area contributed by atoms with Crippen molar-refractivity contribution < 1.29 is 15.2 Å². The molecule has 0 saturated carbocycles. The van der Waals surface area contributed by atoms with E-state index in [4.69, 9.17) is 9.84 Å². The molecule has 0 atom stereocenters. The fourth-order valence-corrected chi connectivity index (χ4v) is 1.47. The number of aliphatic hydroxyl groups is 1. The first kappa shape index (κ1) is 13.0. The third kappa shape index (κ3) is 5.14. The fraction of sp³-hybridized carbons (Fsp3) is 0.538. The minimum absolute atomic E-state index is 0.249. The van der Waals surface area contributed by atoms with Gasteiger partial charge in [0.1, 0.15) is 5.75 Å². The van der Waals surface area contributed by atoms with E-state index >= 15 is 0 Å². The largest absolute Gasteiger partial charge is 0.493 e. The normalized spacial score (nSPS) is 10.4. The molecule has 0 aliphatic rings. The SMILES string of the molecule is CCc1ccc(OCCC[NH2+]CCO)cc1.